The number of aromatic nitrogens is 2. The quantitative estimate of drug-likeness (QED) is 0.156. The average Bonchev–Trinajstić information content (AvgIpc) is 3.67. The Morgan fingerprint density at radius 3 is 2.06 bits per heavy atom. The van der Waals surface area contributed by atoms with Crippen molar-refractivity contribution < 1.29 is 4.42 Å². The molecule has 270 valence electrons. The van der Waals surface area contributed by atoms with Crippen LogP contribution in [0, 0.1) is 12.3 Å². The second kappa shape index (κ2) is 12.7. The fraction of sp³-hybridized carbons (Fsp3) is 0.260. The van der Waals surface area contributed by atoms with Crippen LogP contribution >= 0.6 is 11.3 Å². The SMILES string of the molecule is Cc1cc(-c2ccc3oc4ccccc4c3c2)sc1-c1ccc(C2(C)CC2(C)C)c(-c2nccn2-c2c(C(C)C)cc(-c3ccccc3)cc2C(C)C)c1. The zero-order valence-corrected chi connectivity index (χ0v) is 33.4. The van der Waals surface area contributed by atoms with Crippen molar-refractivity contribution in [3.8, 4) is 49.1 Å². The van der Waals surface area contributed by atoms with Crippen molar-refractivity contribution in [1.29, 1.82) is 0 Å². The van der Waals surface area contributed by atoms with Gasteiger partial charge in [-0.2, -0.15) is 0 Å². The molecule has 1 aliphatic carbocycles. The number of imidazole rings is 1. The Morgan fingerprint density at radius 1 is 0.685 bits per heavy atom. The van der Waals surface area contributed by atoms with E-state index in [-0.39, 0.29) is 10.8 Å². The first-order valence-corrected chi connectivity index (χ1v) is 20.2. The molecule has 0 saturated heterocycles. The average molecular weight is 725 g/mol. The molecule has 4 heteroatoms. The summed E-state index contributed by atoms with van der Waals surface area (Å²) < 4.78 is 8.55. The Labute approximate surface area is 323 Å². The van der Waals surface area contributed by atoms with Crippen LogP contribution in [0.15, 0.2) is 126 Å². The first-order chi connectivity index (χ1) is 25.9. The lowest BCUT2D eigenvalue weighted by Gasteiger charge is -2.25. The van der Waals surface area contributed by atoms with E-state index in [1.807, 2.05) is 29.7 Å². The molecule has 3 aromatic heterocycles. The third-order valence-corrected chi connectivity index (χ3v) is 13.6. The molecule has 0 aliphatic heterocycles. The van der Waals surface area contributed by atoms with E-state index in [1.54, 1.807) is 0 Å². The molecule has 1 unspecified atom stereocenters. The lowest BCUT2D eigenvalue weighted by atomic mass is 9.85. The van der Waals surface area contributed by atoms with E-state index in [9.17, 15) is 0 Å². The topological polar surface area (TPSA) is 31.0 Å². The van der Waals surface area contributed by atoms with E-state index < -0.39 is 0 Å². The highest BCUT2D eigenvalue weighted by molar-refractivity contribution is 7.19. The number of furan rings is 1. The molecule has 9 rings (SSSR count). The fourth-order valence-corrected chi connectivity index (χ4v) is 9.93. The third kappa shape index (κ3) is 5.57. The van der Waals surface area contributed by atoms with Gasteiger partial charge in [0.1, 0.15) is 17.0 Å². The molecule has 8 aromatic rings. The molecule has 1 aliphatic rings. The zero-order valence-electron chi connectivity index (χ0n) is 32.6. The van der Waals surface area contributed by atoms with E-state index in [2.05, 4.69) is 163 Å². The third-order valence-electron chi connectivity index (χ3n) is 12.3. The van der Waals surface area contributed by atoms with Gasteiger partial charge in [0.25, 0.3) is 0 Å². The number of hydrogen-bond donors (Lipinski definition) is 0. The van der Waals surface area contributed by atoms with E-state index >= 15 is 0 Å². The summed E-state index contributed by atoms with van der Waals surface area (Å²) in [5.74, 6) is 1.67. The monoisotopic (exact) mass is 724 g/mol. The first-order valence-electron chi connectivity index (χ1n) is 19.4. The minimum atomic E-state index is 0.0645. The molecule has 0 N–H and O–H groups in total. The standard InChI is InChI=1S/C50H48N2OS/c1-30(2)38-27-36(33-14-10-9-11-15-33)28-39(31(3)4)46(38)52-23-22-51-48(52)41-26-35(18-20-42(41)50(8)29-49(50,6)7)47-32(5)24-45(54-47)34-19-21-44-40(25-34)37-16-12-13-17-43(37)53-44/h9-28,30-31H,29H2,1-8H3. The van der Waals surface area contributed by atoms with Crippen LogP contribution in [0.1, 0.15) is 89.0 Å². The van der Waals surface area contributed by atoms with Crippen LogP contribution in [0.2, 0.25) is 0 Å². The number of rotatable bonds is 8. The van der Waals surface area contributed by atoms with Crippen LogP contribution in [-0.2, 0) is 5.41 Å². The lowest BCUT2D eigenvalue weighted by molar-refractivity contribution is 0.529. The molecule has 1 saturated carbocycles. The van der Waals surface area contributed by atoms with Crippen LogP contribution in [0.4, 0.5) is 0 Å². The van der Waals surface area contributed by atoms with Gasteiger partial charge in [0.15, 0.2) is 0 Å². The first kappa shape index (κ1) is 34.6. The van der Waals surface area contributed by atoms with Crippen molar-refractivity contribution in [1.82, 2.24) is 9.55 Å². The Bertz CT molecular complexity index is 2670. The molecule has 1 atom stereocenters. The smallest absolute Gasteiger partial charge is 0.144 e. The second-order valence-electron chi connectivity index (χ2n) is 16.9. The zero-order chi connectivity index (χ0) is 37.5. The predicted molar refractivity (Wildman–Crippen MR) is 229 cm³/mol. The van der Waals surface area contributed by atoms with Gasteiger partial charge in [-0.05, 0) is 129 Å². The van der Waals surface area contributed by atoms with Gasteiger partial charge in [0.05, 0.1) is 5.69 Å². The number of thiophene rings is 1. The van der Waals surface area contributed by atoms with Crippen molar-refractivity contribution in [3.05, 3.63) is 144 Å². The summed E-state index contributed by atoms with van der Waals surface area (Å²) in [6.45, 7) is 18.8. The number of fused-ring (bicyclic) bond motifs is 3. The van der Waals surface area contributed by atoms with Crippen LogP contribution < -0.4 is 0 Å². The predicted octanol–water partition coefficient (Wildman–Crippen LogP) is 14.7. The molecule has 54 heavy (non-hydrogen) atoms. The van der Waals surface area contributed by atoms with E-state index in [0.29, 0.717) is 11.8 Å². The second-order valence-corrected chi connectivity index (χ2v) is 17.9. The highest BCUT2D eigenvalue weighted by atomic mass is 32.1. The molecular formula is C50H48N2OS. The molecule has 5 aromatic carbocycles. The summed E-state index contributed by atoms with van der Waals surface area (Å²) in [7, 11) is 0. The summed E-state index contributed by atoms with van der Waals surface area (Å²) in [6, 6.07) is 40.1. The van der Waals surface area contributed by atoms with Crippen molar-refractivity contribution in [2.45, 2.75) is 79.1 Å². The van der Waals surface area contributed by atoms with Gasteiger partial charge in [-0.15, -0.1) is 11.3 Å². The van der Waals surface area contributed by atoms with Gasteiger partial charge in [0.2, 0.25) is 0 Å². The van der Waals surface area contributed by atoms with Gasteiger partial charge >= 0.3 is 0 Å². The molecule has 3 nitrogen and oxygen atoms in total. The Balaban J connectivity index is 1.20. The van der Waals surface area contributed by atoms with Gasteiger partial charge in [-0.3, -0.25) is 4.57 Å². The number of para-hydroxylation sites is 1. The van der Waals surface area contributed by atoms with Gasteiger partial charge in [-0.25, -0.2) is 4.98 Å². The van der Waals surface area contributed by atoms with E-state index in [0.717, 1.165) is 34.2 Å². The highest BCUT2D eigenvalue weighted by Crippen LogP contribution is 2.65. The van der Waals surface area contributed by atoms with Crippen molar-refractivity contribution in [2.24, 2.45) is 5.41 Å². The van der Waals surface area contributed by atoms with Crippen molar-refractivity contribution >= 4 is 33.3 Å². The van der Waals surface area contributed by atoms with Crippen LogP contribution in [0.25, 0.3) is 71.0 Å². The highest BCUT2D eigenvalue weighted by Gasteiger charge is 2.59. The van der Waals surface area contributed by atoms with E-state index in [1.165, 1.54) is 65.5 Å². The Hall–Kier alpha value is -5.19. The maximum absolute atomic E-state index is 6.15. The van der Waals surface area contributed by atoms with E-state index in [4.69, 9.17) is 9.40 Å². The lowest BCUT2D eigenvalue weighted by Crippen LogP contribution is -2.13. The number of benzene rings is 5. The van der Waals surface area contributed by atoms with Crippen LogP contribution in [0.3, 0.4) is 0 Å². The number of aryl methyl sites for hydroxylation is 1. The molecule has 0 radical (unpaired) electrons. The summed E-state index contributed by atoms with van der Waals surface area (Å²) in [6.07, 6.45) is 5.34. The largest absolute Gasteiger partial charge is 0.456 e. The molecule has 1 fully saturated rings. The van der Waals surface area contributed by atoms with Gasteiger partial charge in [0, 0.05) is 38.5 Å². The molecule has 0 amide bonds. The molecule has 3 heterocycles. The maximum Gasteiger partial charge on any atom is 0.144 e. The fourth-order valence-electron chi connectivity index (χ4n) is 8.76. The van der Waals surface area contributed by atoms with Gasteiger partial charge in [-0.1, -0.05) is 109 Å². The number of hydrogen-bond acceptors (Lipinski definition) is 3. The Morgan fingerprint density at radius 2 is 1.35 bits per heavy atom. The normalized spacial score (nSPS) is 16.6. The Kier molecular flexibility index (Phi) is 8.13. The summed E-state index contributed by atoms with van der Waals surface area (Å²) in [4.78, 5) is 7.77. The summed E-state index contributed by atoms with van der Waals surface area (Å²) in [5.41, 5.74) is 15.0. The minimum absolute atomic E-state index is 0.0645. The van der Waals surface area contributed by atoms with Crippen molar-refractivity contribution in [3.63, 3.8) is 0 Å². The maximum atomic E-state index is 6.15. The van der Waals surface area contributed by atoms with Gasteiger partial charge < -0.3 is 4.42 Å². The number of nitrogens with zero attached hydrogens (tertiary/aromatic N) is 2. The van der Waals surface area contributed by atoms with Crippen LogP contribution in [-0.4, -0.2) is 9.55 Å². The van der Waals surface area contributed by atoms with Crippen molar-refractivity contribution in [2.75, 3.05) is 0 Å². The van der Waals surface area contributed by atoms with Crippen LogP contribution in [0.5, 0.6) is 0 Å². The minimum Gasteiger partial charge on any atom is -0.456 e. The summed E-state index contributed by atoms with van der Waals surface area (Å²) >= 11 is 1.87. The molecular weight excluding hydrogens is 677 g/mol. The molecule has 0 spiro atoms. The molecule has 0 bridgehead atoms. The summed E-state index contributed by atoms with van der Waals surface area (Å²) in [5, 5.41) is 2.32.